The Balaban J connectivity index is 1.40. The van der Waals surface area contributed by atoms with Crippen LogP contribution in [-0.2, 0) is 70.1 Å². The fraction of sp³-hybridized carbons (Fsp3) is 0.743. The van der Waals surface area contributed by atoms with Gasteiger partial charge in [0, 0.05) is 69.0 Å². The maximum absolute atomic E-state index is 15.5. The van der Waals surface area contributed by atoms with Crippen LogP contribution in [0.25, 0.3) is 0 Å². The van der Waals surface area contributed by atoms with E-state index < -0.39 is 174 Å². The first-order valence-corrected chi connectivity index (χ1v) is 35.7. The van der Waals surface area contributed by atoms with Gasteiger partial charge in [-0.3, -0.25) is 57.5 Å². The van der Waals surface area contributed by atoms with Crippen LogP contribution in [-0.4, -0.2) is 252 Å². The monoisotopic (exact) mass is 1400 g/mol. The number of nitrogens with one attached hydrogen (secondary N) is 3. The van der Waals surface area contributed by atoms with Gasteiger partial charge in [0.25, 0.3) is 0 Å². The Kier molecular flexibility index (Phi) is 29.6. The molecule has 5 fully saturated rings. The van der Waals surface area contributed by atoms with Gasteiger partial charge in [-0.1, -0.05) is 103 Å². The molecule has 3 heterocycles. The van der Waals surface area contributed by atoms with Gasteiger partial charge in [0.15, 0.2) is 0 Å². The normalized spacial score (nSPS) is 26.8. The standard InChI is InChI=1S/C70H108ClF3N12O12/c1-13-44(4)60-68(97)80(8)41-58(89)78(6)42-59(90)82(10)54(38-46-24-17-14-18-25-46)66(95)79(7)40-56(87)76-51(32-30-47-29-31-49(50(71)37-47)70(72,73)74)65(94)86-35-23-28-52(86)62(91)75-45(5)64(93)84(12)61(48-26-19-15-20-27-48)69(98)83(11)55(67(96)85-33-21-16-22-34-85)39-57(88)81(9)53(36-43(2)3)63(92)77-60/h29,31,37,43-46,48,51-55,60-61H,13-28,30,32-36,38-42H2,1-12H3,(H,75,91)(H,76,87)(H,77,92)/t44-,45+,51-,52?,53-,54-,55-,60-,61-/m0/s1. The van der Waals surface area contributed by atoms with Crippen LogP contribution in [0.5, 0.6) is 0 Å². The SMILES string of the molecule is CC[C@H](C)[C@@H]1NC(=O)[C@H](CC(C)C)N(C)C(=O)C[C@@H](C(=O)N2CCCCC2)N(C)C(=O)[C@H](C2CCCCC2)N(C)C(=O)[C@@H](C)NC(=O)C2CCCN2C(=O)[C@H](CCc2ccc(C(F)(F)F)c(Cl)c2)NC(=O)CN(C)C(=O)[C@H](CC2CCCCC2)N(C)C(=O)CN(C)C(=O)CN(C)C1=O. The lowest BCUT2D eigenvalue weighted by Crippen LogP contribution is -2.61. The zero-order valence-corrected chi connectivity index (χ0v) is 60.4. The summed E-state index contributed by atoms with van der Waals surface area (Å²) >= 11 is 6.13. The van der Waals surface area contributed by atoms with Crippen LogP contribution in [0.15, 0.2) is 18.2 Å². The Morgan fingerprint density at radius 3 is 1.80 bits per heavy atom. The van der Waals surface area contributed by atoms with Gasteiger partial charge in [-0.05, 0) is 119 Å². The minimum Gasteiger partial charge on any atom is -0.343 e. The molecule has 1 aromatic carbocycles. The molecule has 28 heteroatoms. The predicted octanol–water partition coefficient (Wildman–Crippen LogP) is 5.50. The van der Waals surface area contributed by atoms with Crippen LogP contribution in [0.2, 0.25) is 5.02 Å². The van der Waals surface area contributed by atoms with Crippen molar-refractivity contribution in [2.24, 2.45) is 23.7 Å². The summed E-state index contributed by atoms with van der Waals surface area (Å²) in [6, 6.07) is -6.88. The van der Waals surface area contributed by atoms with E-state index in [1.54, 1.807) is 11.8 Å². The minimum absolute atomic E-state index is 0.0193. The number of alkyl halides is 3. The Morgan fingerprint density at radius 1 is 0.602 bits per heavy atom. The van der Waals surface area contributed by atoms with Gasteiger partial charge < -0.3 is 60.0 Å². The number of hydrogen-bond donors (Lipinski definition) is 3. The van der Waals surface area contributed by atoms with Crippen molar-refractivity contribution in [3.63, 3.8) is 0 Å². The molecule has 3 saturated heterocycles. The number of nitrogens with zero attached hydrogens (tertiary/aromatic N) is 9. The fourth-order valence-electron chi connectivity index (χ4n) is 14.5. The van der Waals surface area contributed by atoms with Crippen molar-refractivity contribution >= 4 is 82.5 Å². The van der Waals surface area contributed by atoms with Gasteiger partial charge >= 0.3 is 6.18 Å². The van der Waals surface area contributed by atoms with E-state index in [1.807, 2.05) is 20.8 Å². The molecule has 2 aliphatic carbocycles. The number of amides is 12. The number of aryl methyl sites for hydroxylation is 1. The van der Waals surface area contributed by atoms with E-state index in [4.69, 9.17) is 11.6 Å². The predicted molar refractivity (Wildman–Crippen MR) is 362 cm³/mol. The first-order chi connectivity index (χ1) is 46.2. The van der Waals surface area contributed by atoms with Crippen molar-refractivity contribution in [1.29, 1.82) is 0 Å². The van der Waals surface area contributed by atoms with Crippen molar-refractivity contribution in [3.05, 3.63) is 34.3 Å². The quantitative estimate of drug-likeness (QED) is 0.248. The molecule has 0 spiro atoms. The van der Waals surface area contributed by atoms with Gasteiger partial charge in [0.2, 0.25) is 70.9 Å². The molecule has 548 valence electrons. The highest BCUT2D eigenvalue weighted by Crippen LogP contribution is 2.36. The highest BCUT2D eigenvalue weighted by Gasteiger charge is 2.46. The molecule has 3 N–H and O–H groups in total. The lowest BCUT2D eigenvalue weighted by atomic mass is 9.82. The third-order valence-corrected chi connectivity index (χ3v) is 21.2. The maximum Gasteiger partial charge on any atom is 0.417 e. The highest BCUT2D eigenvalue weighted by atomic mass is 35.5. The Morgan fingerprint density at radius 2 is 1.19 bits per heavy atom. The molecule has 0 radical (unpaired) electrons. The number of carbonyl (C=O) groups is 12. The lowest BCUT2D eigenvalue weighted by molar-refractivity contribution is -0.155. The molecular formula is C70H108ClF3N12O12. The fourth-order valence-corrected chi connectivity index (χ4v) is 14.8. The smallest absolute Gasteiger partial charge is 0.343 e. The summed E-state index contributed by atoms with van der Waals surface area (Å²) in [5.41, 5.74) is -0.780. The molecule has 1 unspecified atom stereocenters. The van der Waals surface area contributed by atoms with Gasteiger partial charge in [-0.2, -0.15) is 13.2 Å². The van der Waals surface area contributed by atoms with E-state index in [1.165, 1.54) is 86.8 Å². The molecule has 98 heavy (non-hydrogen) atoms. The van der Waals surface area contributed by atoms with Crippen LogP contribution in [0.1, 0.15) is 174 Å². The number of likely N-dealkylation sites (N-methyl/N-ethyl adjacent to an activating group) is 7. The summed E-state index contributed by atoms with van der Waals surface area (Å²) in [6.07, 6.45) is 5.60. The number of hydrogen-bond acceptors (Lipinski definition) is 12. The number of rotatable bonds is 11. The number of benzene rings is 1. The summed E-state index contributed by atoms with van der Waals surface area (Å²) in [5, 5.41) is 7.82. The highest BCUT2D eigenvalue weighted by molar-refractivity contribution is 6.31. The molecular weight excluding hydrogens is 1290 g/mol. The Hall–Kier alpha value is -7.06. The van der Waals surface area contributed by atoms with Crippen molar-refractivity contribution < 1.29 is 70.7 Å². The van der Waals surface area contributed by atoms with Crippen molar-refractivity contribution in [2.45, 2.75) is 224 Å². The van der Waals surface area contributed by atoms with Gasteiger partial charge in [-0.25, -0.2) is 0 Å². The first-order valence-electron chi connectivity index (χ1n) is 35.3. The molecule has 9 atom stereocenters. The van der Waals surface area contributed by atoms with E-state index in [0.717, 1.165) is 84.6 Å². The lowest BCUT2D eigenvalue weighted by Gasteiger charge is -2.41. The average molecular weight is 1400 g/mol. The molecule has 12 amide bonds. The van der Waals surface area contributed by atoms with Gasteiger partial charge in [-0.15, -0.1) is 0 Å². The van der Waals surface area contributed by atoms with Crippen molar-refractivity contribution in [3.8, 4) is 0 Å². The number of carbonyl (C=O) groups excluding carboxylic acids is 12. The number of fused-ring (bicyclic) bond motifs is 1. The summed E-state index contributed by atoms with van der Waals surface area (Å²) < 4.78 is 41.4. The molecule has 2 saturated carbocycles. The second kappa shape index (κ2) is 36.3. The van der Waals surface area contributed by atoms with E-state index in [0.29, 0.717) is 57.2 Å². The van der Waals surface area contributed by atoms with Crippen molar-refractivity contribution in [1.82, 2.24) is 60.0 Å². The number of halogens is 4. The summed E-state index contributed by atoms with van der Waals surface area (Å²) in [6.45, 7) is 7.86. The topological polar surface area (TPSA) is 270 Å². The van der Waals surface area contributed by atoms with Crippen LogP contribution in [0.4, 0.5) is 13.2 Å². The summed E-state index contributed by atoms with van der Waals surface area (Å²) in [4.78, 5) is 188. The van der Waals surface area contributed by atoms with E-state index in [-0.39, 0.29) is 50.5 Å². The zero-order valence-electron chi connectivity index (χ0n) is 59.7. The largest absolute Gasteiger partial charge is 0.417 e. The van der Waals surface area contributed by atoms with Gasteiger partial charge in [0.1, 0.15) is 48.3 Å². The van der Waals surface area contributed by atoms with E-state index in [9.17, 15) is 61.1 Å². The average Bonchev–Trinajstić information content (AvgIpc) is 0.972. The van der Waals surface area contributed by atoms with Crippen LogP contribution in [0.3, 0.4) is 0 Å². The summed E-state index contributed by atoms with van der Waals surface area (Å²) in [7, 11) is 9.89. The minimum atomic E-state index is -4.76. The second-order valence-corrected chi connectivity index (χ2v) is 29.1. The molecule has 6 rings (SSSR count). The molecule has 0 bridgehead atoms. The van der Waals surface area contributed by atoms with E-state index >= 15 is 9.59 Å². The summed E-state index contributed by atoms with van der Waals surface area (Å²) in [5.74, 6) is -8.97. The van der Waals surface area contributed by atoms with Crippen LogP contribution < -0.4 is 16.0 Å². The molecule has 5 aliphatic rings. The molecule has 3 aliphatic heterocycles. The number of piperidine rings is 1. The maximum atomic E-state index is 15.5. The zero-order chi connectivity index (χ0) is 72.6. The third kappa shape index (κ3) is 21.0. The second-order valence-electron chi connectivity index (χ2n) is 28.7. The van der Waals surface area contributed by atoms with Crippen LogP contribution in [0, 0.1) is 23.7 Å². The van der Waals surface area contributed by atoms with Crippen molar-refractivity contribution in [2.75, 3.05) is 88.6 Å². The van der Waals surface area contributed by atoms with E-state index in [2.05, 4.69) is 16.0 Å². The molecule has 24 nitrogen and oxygen atoms in total. The first kappa shape index (κ1) is 79.9. The molecule has 1 aromatic rings. The van der Waals surface area contributed by atoms with Crippen LogP contribution >= 0.6 is 11.6 Å². The Bertz CT molecular complexity index is 3010. The van der Waals surface area contributed by atoms with Gasteiger partial charge in [0.05, 0.1) is 36.6 Å². The Labute approximate surface area is 581 Å². The molecule has 0 aromatic heterocycles. The third-order valence-electron chi connectivity index (χ3n) is 20.9. The number of likely N-dealkylation sites (tertiary alicyclic amines) is 1.